The minimum absolute atomic E-state index is 0.0703. The summed E-state index contributed by atoms with van der Waals surface area (Å²) in [5.74, 6) is 1.28. The van der Waals surface area contributed by atoms with Crippen LogP contribution in [0.2, 0.25) is 0 Å². The molecule has 1 aromatic heterocycles. The summed E-state index contributed by atoms with van der Waals surface area (Å²) in [6, 6.07) is 6.90. The predicted octanol–water partition coefficient (Wildman–Crippen LogP) is 2.40. The van der Waals surface area contributed by atoms with Crippen molar-refractivity contribution in [3.05, 3.63) is 40.5 Å². The molecule has 2 rings (SSSR count). The third-order valence-electron chi connectivity index (χ3n) is 2.47. The first-order chi connectivity index (χ1) is 9.54. The first-order valence-corrected chi connectivity index (χ1v) is 6.82. The molecule has 0 aliphatic rings. The number of carbonyl (C=O) groups is 1. The van der Waals surface area contributed by atoms with Crippen LogP contribution in [0.3, 0.4) is 0 Å². The number of carbonyl (C=O) groups excluding carboxylic acids is 1. The van der Waals surface area contributed by atoms with Crippen LogP contribution in [0.15, 0.2) is 33.3 Å². The molecule has 0 aliphatic carbocycles. The van der Waals surface area contributed by atoms with Gasteiger partial charge in [0.25, 0.3) is 5.91 Å². The zero-order valence-corrected chi connectivity index (χ0v) is 12.7. The number of benzene rings is 1. The molecule has 2 aromatic rings. The lowest BCUT2D eigenvalue weighted by Crippen LogP contribution is -2.31. The lowest BCUT2D eigenvalue weighted by molar-refractivity contribution is -0.123. The largest absolute Gasteiger partial charge is 0.484 e. The molecular weight excluding hydrogens is 326 g/mol. The minimum atomic E-state index is -0.350. The van der Waals surface area contributed by atoms with Crippen LogP contribution in [0.25, 0.3) is 0 Å². The van der Waals surface area contributed by atoms with Crippen LogP contribution in [-0.2, 0) is 4.79 Å². The molecule has 1 atom stereocenters. The van der Waals surface area contributed by atoms with E-state index in [4.69, 9.17) is 9.26 Å². The van der Waals surface area contributed by atoms with E-state index < -0.39 is 0 Å². The summed E-state index contributed by atoms with van der Waals surface area (Å²) in [5.41, 5.74) is 0. The highest BCUT2D eigenvalue weighted by atomic mass is 79.9. The second kappa shape index (κ2) is 6.51. The summed E-state index contributed by atoms with van der Waals surface area (Å²) in [6.07, 6.45) is 0. The Morgan fingerprint density at radius 3 is 2.75 bits per heavy atom. The fourth-order valence-electron chi connectivity index (χ4n) is 1.51. The van der Waals surface area contributed by atoms with Crippen molar-refractivity contribution in [3.8, 4) is 5.75 Å². The number of ether oxygens (including phenoxy) is 1. The number of nitrogens with zero attached hydrogens (tertiary/aromatic N) is 2. The van der Waals surface area contributed by atoms with E-state index in [9.17, 15) is 4.79 Å². The molecule has 0 spiro atoms. The fraction of sp³-hybridized carbons (Fsp3) is 0.308. The summed E-state index contributed by atoms with van der Waals surface area (Å²) in [7, 11) is 0. The van der Waals surface area contributed by atoms with Crippen molar-refractivity contribution in [2.24, 2.45) is 0 Å². The average Bonchev–Trinajstić information content (AvgIpc) is 2.85. The van der Waals surface area contributed by atoms with Gasteiger partial charge < -0.3 is 14.6 Å². The molecular formula is C13H14BrN3O3. The molecule has 7 heteroatoms. The van der Waals surface area contributed by atoms with E-state index in [0.29, 0.717) is 17.5 Å². The highest BCUT2D eigenvalue weighted by molar-refractivity contribution is 9.10. The summed E-state index contributed by atoms with van der Waals surface area (Å²) >= 11 is 3.33. The Kier molecular flexibility index (Phi) is 4.73. The molecule has 1 aromatic carbocycles. The number of amides is 1. The normalized spacial score (nSPS) is 11.9. The molecule has 0 saturated heterocycles. The summed E-state index contributed by atoms with van der Waals surface area (Å²) in [5, 5.41) is 6.40. The smallest absolute Gasteiger partial charge is 0.258 e. The number of hydrogen-bond donors (Lipinski definition) is 1. The number of aryl methyl sites for hydroxylation is 1. The molecule has 6 nitrogen and oxygen atoms in total. The van der Waals surface area contributed by atoms with Crippen molar-refractivity contribution < 1.29 is 14.1 Å². The summed E-state index contributed by atoms with van der Waals surface area (Å²) in [4.78, 5) is 15.8. The molecule has 0 aliphatic heterocycles. The zero-order valence-electron chi connectivity index (χ0n) is 11.1. The molecule has 20 heavy (non-hydrogen) atoms. The van der Waals surface area contributed by atoms with Gasteiger partial charge in [-0.15, -0.1) is 0 Å². The van der Waals surface area contributed by atoms with Gasteiger partial charge in [-0.05, 0) is 38.1 Å². The molecule has 1 N–H and O–H groups in total. The van der Waals surface area contributed by atoms with Crippen molar-refractivity contribution in [2.75, 3.05) is 6.61 Å². The minimum Gasteiger partial charge on any atom is -0.484 e. The second-order valence-corrected chi connectivity index (χ2v) is 5.13. The van der Waals surface area contributed by atoms with E-state index in [2.05, 4.69) is 31.4 Å². The third-order valence-corrected chi connectivity index (χ3v) is 3.00. The SMILES string of the molecule is Cc1noc([C@H](C)NC(=O)COc2ccc(Br)cc2)n1. The average molecular weight is 340 g/mol. The highest BCUT2D eigenvalue weighted by Gasteiger charge is 2.15. The van der Waals surface area contributed by atoms with Crippen LogP contribution >= 0.6 is 15.9 Å². The van der Waals surface area contributed by atoms with Crippen LogP contribution in [0, 0.1) is 6.92 Å². The first-order valence-electron chi connectivity index (χ1n) is 6.02. The third kappa shape index (κ3) is 4.06. The van der Waals surface area contributed by atoms with Gasteiger partial charge in [0.1, 0.15) is 11.8 Å². The van der Waals surface area contributed by atoms with Crippen molar-refractivity contribution in [2.45, 2.75) is 19.9 Å². The fourth-order valence-corrected chi connectivity index (χ4v) is 1.78. The first kappa shape index (κ1) is 14.5. The van der Waals surface area contributed by atoms with Crippen LogP contribution in [-0.4, -0.2) is 22.7 Å². The Morgan fingerprint density at radius 2 is 2.15 bits per heavy atom. The van der Waals surface area contributed by atoms with E-state index in [0.717, 1.165) is 4.47 Å². The van der Waals surface area contributed by atoms with Gasteiger partial charge in [-0.1, -0.05) is 21.1 Å². The van der Waals surface area contributed by atoms with Gasteiger partial charge in [0.15, 0.2) is 12.4 Å². The standard InChI is InChI=1S/C13H14BrN3O3/c1-8(13-16-9(2)17-20-13)15-12(18)7-19-11-5-3-10(14)4-6-11/h3-6,8H,7H2,1-2H3,(H,15,18)/t8-/m0/s1. The van der Waals surface area contributed by atoms with Gasteiger partial charge in [-0.25, -0.2) is 0 Å². The highest BCUT2D eigenvalue weighted by Crippen LogP contribution is 2.16. The van der Waals surface area contributed by atoms with Gasteiger partial charge in [-0.3, -0.25) is 4.79 Å². The van der Waals surface area contributed by atoms with Crippen molar-refractivity contribution in [3.63, 3.8) is 0 Å². The van der Waals surface area contributed by atoms with Crippen molar-refractivity contribution >= 4 is 21.8 Å². The number of hydrogen-bond acceptors (Lipinski definition) is 5. The molecule has 1 heterocycles. The van der Waals surface area contributed by atoms with Gasteiger partial charge >= 0.3 is 0 Å². The maximum absolute atomic E-state index is 11.7. The van der Waals surface area contributed by atoms with Crippen LogP contribution < -0.4 is 10.1 Å². The Hall–Kier alpha value is -1.89. The van der Waals surface area contributed by atoms with E-state index in [-0.39, 0.29) is 18.6 Å². The monoisotopic (exact) mass is 339 g/mol. The number of halogens is 1. The molecule has 0 saturated carbocycles. The van der Waals surface area contributed by atoms with E-state index in [1.807, 2.05) is 12.1 Å². The van der Waals surface area contributed by atoms with Gasteiger partial charge in [-0.2, -0.15) is 4.98 Å². The van der Waals surface area contributed by atoms with E-state index >= 15 is 0 Å². The topological polar surface area (TPSA) is 77.2 Å². The van der Waals surface area contributed by atoms with Crippen molar-refractivity contribution in [1.29, 1.82) is 0 Å². The van der Waals surface area contributed by atoms with E-state index in [1.54, 1.807) is 26.0 Å². The van der Waals surface area contributed by atoms with Gasteiger partial charge in [0.2, 0.25) is 5.89 Å². The maximum Gasteiger partial charge on any atom is 0.258 e. The maximum atomic E-state index is 11.7. The zero-order chi connectivity index (χ0) is 14.5. The number of nitrogens with one attached hydrogen (secondary N) is 1. The Bertz CT molecular complexity index is 583. The van der Waals surface area contributed by atoms with Crippen LogP contribution in [0.4, 0.5) is 0 Å². The molecule has 1 amide bonds. The van der Waals surface area contributed by atoms with Gasteiger partial charge in [0.05, 0.1) is 0 Å². The second-order valence-electron chi connectivity index (χ2n) is 4.21. The number of aromatic nitrogens is 2. The Morgan fingerprint density at radius 1 is 1.45 bits per heavy atom. The lowest BCUT2D eigenvalue weighted by Gasteiger charge is -2.10. The quantitative estimate of drug-likeness (QED) is 0.904. The van der Waals surface area contributed by atoms with Gasteiger partial charge in [0, 0.05) is 4.47 Å². The van der Waals surface area contributed by atoms with Crippen molar-refractivity contribution in [1.82, 2.24) is 15.5 Å². The predicted molar refractivity (Wildman–Crippen MR) is 75.2 cm³/mol. The van der Waals surface area contributed by atoms with E-state index in [1.165, 1.54) is 0 Å². The molecule has 0 unspecified atom stereocenters. The molecule has 0 radical (unpaired) electrons. The number of rotatable bonds is 5. The molecule has 106 valence electrons. The molecule has 0 fully saturated rings. The van der Waals surface area contributed by atoms with Crippen LogP contribution in [0.5, 0.6) is 5.75 Å². The Labute approximate surface area is 124 Å². The summed E-state index contributed by atoms with van der Waals surface area (Å²) < 4.78 is 11.3. The summed E-state index contributed by atoms with van der Waals surface area (Å²) in [6.45, 7) is 3.42. The molecule has 0 bridgehead atoms. The van der Waals surface area contributed by atoms with Crippen LogP contribution in [0.1, 0.15) is 24.7 Å². The Balaban J connectivity index is 1.82. The lowest BCUT2D eigenvalue weighted by atomic mass is 10.3.